The summed E-state index contributed by atoms with van der Waals surface area (Å²) in [5, 5.41) is 4.77. The molecule has 3 aromatic rings. The molecule has 0 saturated heterocycles. The quantitative estimate of drug-likeness (QED) is 0.389. The van der Waals surface area contributed by atoms with Gasteiger partial charge in [-0.2, -0.15) is 5.10 Å². The van der Waals surface area contributed by atoms with E-state index in [1.165, 1.54) is 32.0 Å². The van der Waals surface area contributed by atoms with Crippen LogP contribution >= 0.6 is 11.8 Å². The van der Waals surface area contributed by atoms with Gasteiger partial charge >= 0.3 is 0 Å². The Bertz CT molecular complexity index is 1080. The number of ether oxygens (including phenoxy) is 1. The Kier molecular flexibility index (Phi) is 4.36. The van der Waals surface area contributed by atoms with E-state index in [1.54, 1.807) is 11.8 Å². The summed E-state index contributed by atoms with van der Waals surface area (Å²) in [7, 11) is 0. The third-order valence-electron chi connectivity index (χ3n) is 5.17. The fraction of sp³-hybridized carbons (Fsp3) is 0.208. The molecule has 2 aliphatic rings. The summed E-state index contributed by atoms with van der Waals surface area (Å²) < 4.78 is 6.19. The van der Waals surface area contributed by atoms with Gasteiger partial charge in [0.15, 0.2) is 0 Å². The summed E-state index contributed by atoms with van der Waals surface area (Å²) in [5.41, 5.74) is 10.5. The highest BCUT2D eigenvalue weighted by molar-refractivity contribution is 7.99. The Hall–Kier alpha value is -2.72. The molecule has 3 nitrogen and oxygen atoms in total. The first-order valence-electron chi connectivity index (χ1n) is 9.68. The summed E-state index contributed by atoms with van der Waals surface area (Å²) in [5.74, 6) is 1.87. The molecular formula is C24H22N2OS. The first kappa shape index (κ1) is 17.4. The Labute approximate surface area is 169 Å². The molecule has 1 aliphatic heterocycles. The molecule has 0 radical (unpaired) electrons. The molecule has 1 aliphatic carbocycles. The van der Waals surface area contributed by atoms with Gasteiger partial charge in [-0.25, -0.2) is 0 Å². The van der Waals surface area contributed by atoms with Crippen molar-refractivity contribution in [3.63, 3.8) is 0 Å². The van der Waals surface area contributed by atoms with Gasteiger partial charge in [-0.15, -0.1) is 0 Å². The van der Waals surface area contributed by atoms with E-state index in [9.17, 15) is 0 Å². The van der Waals surface area contributed by atoms with Crippen molar-refractivity contribution in [3.8, 4) is 11.5 Å². The maximum atomic E-state index is 6.19. The first-order valence-corrected chi connectivity index (χ1v) is 10.5. The largest absolute Gasteiger partial charge is 0.455 e. The van der Waals surface area contributed by atoms with Crippen molar-refractivity contribution in [2.24, 2.45) is 5.10 Å². The molecule has 4 heteroatoms. The van der Waals surface area contributed by atoms with E-state index in [0.29, 0.717) is 0 Å². The molecule has 0 aromatic heterocycles. The number of hydrogen-bond donors (Lipinski definition) is 1. The molecule has 0 bridgehead atoms. The van der Waals surface area contributed by atoms with Gasteiger partial charge in [0, 0.05) is 5.56 Å². The van der Waals surface area contributed by atoms with E-state index in [-0.39, 0.29) is 0 Å². The van der Waals surface area contributed by atoms with Crippen LogP contribution in [0.2, 0.25) is 0 Å². The molecule has 3 aromatic carbocycles. The summed E-state index contributed by atoms with van der Waals surface area (Å²) in [6.07, 6.45) is 3.20. The second kappa shape index (κ2) is 7.02. The average molecular weight is 387 g/mol. The Morgan fingerprint density at radius 3 is 2.57 bits per heavy atom. The number of fused-ring (bicyclic) bond motifs is 3. The fourth-order valence-electron chi connectivity index (χ4n) is 3.96. The molecule has 0 spiro atoms. The number of hydrazone groups is 1. The maximum Gasteiger partial charge on any atom is 0.142 e. The number of rotatable bonds is 2. The number of para-hydroxylation sites is 1. The summed E-state index contributed by atoms with van der Waals surface area (Å²) >= 11 is 1.79. The summed E-state index contributed by atoms with van der Waals surface area (Å²) in [4.78, 5) is 2.37. The van der Waals surface area contributed by atoms with Crippen LogP contribution in [0.1, 0.15) is 35.1 Å². The minimum atomic E-state index is 0.933. The van der Waals surface area contributed by atoms with Crippen molar-refractivity contribution in [3.05, 3.63) is 76.9 Å². The van der Waals surface area contributed by atoms with E-state index in [1.807, 2.05) is 12.1 Å². The average Bonchev–Trinajstić information content (AvgIpc) is 2.68. The number of nitrogens with zero attached hydrogens (tertiary/aromatic N) is 1. The van der Waals surface area contributed by atoms with E-state index in [4.69, 9.17) is 9.84 Å². The number of aryl methyl sites for hydroxylation is 3. The second-order valence-electron chi connectivity index (χ2n) is 7.51. The van der Waals surface area contributed by atoms with Gasteiger partial charge in [0.1, 0.15) is 11.5 Å². The minimum Gasteiger partial charge on any atom is -0.455 e. The number of anilines is 1. The van der Waals surface area contributed by atoms with Gasteiger partial charge in [0.05, 0.1) is 21.2 Å². The zero-order chi connectivity index (χ0) is 19.1. The fourth-order valence-corrected chi connectivity index (χ4v) is 4.96. The molecule has 0 fully saturated rings. The van der Waals surface area contributed by atoms with Gasteiger partial charge in [0.2, 0.25) is 0 Å². The Balaban J connectivity index is 1.48. The SMILES string of the molecule is Cc1cc(C)cc(N/N=C2\CCCc3cc4c(cc32)Oc2ccccc2S4)c1. The third kappa shape index (κ3) is 3.29. The molecular weight excluding hydrogens is 364 g/mol. The van der Waals surface area contributed by atoms with Crippen LogP contribution in [0.15, 0.2) is 69.5 Å². The predicted octanol–water partition coefficient (Wildman–Crippen LogP) is 6.71. The maximum absolute atomic E-state index is 6.19. The van der Waals surface area contributed by atoms with E-state index in [2.05, 4.69) is 61.7 Å². The van der Waals surface area contributed by atoms with Crippen LogP contribution in [0.3, 0.4) is 0 Å². The van der Waals surface area contributed by atoms with Gasteiger partial charge in [-0.1, -0.05) is 30.0 Å². The number of nitrogens with one attached hydrogen (secondary N) is 1. The molecule has 0 amide bonds. The lowest BCUT2D eigenvalue weighted by molar-refractivity contribution is 0.454. The first-order chi connectivity index (χ1) is 13.7. The van der Waals surface area contributed by atoms with Crippen molar-refractivity contribution < 1.29 is 4.74 Å². The number of benzene rings is 3. The molecule has 0 saturated carbocycles. The normalized spacial score (nSPS) is 16.0. The molecule has 140 valence electrons. The number of hydrogen-bond acceptors (Lipinski definition) is 4. The van der Waals surface area contributed by atoms with Crippen LogP contribution in [-0.2, 0) is 6.42 Å². The molecule has 0 atom stereocenters. The van der Waals surface area contributed by atoms with E-state index in [0.717, 1.165) is 42.2 Å². The van der Waals surface area contributed by atoms with Crippen LogP contribution in [0.5, 0.6) is 11.5 Å². The Morgan fingerprint density at radius 2 is 1.71 bits per heavy atom. The summed E-state index contributed by atoms with van der Waals surface area (Å²) in [6, 6.07) is 19.1. The predicted molar refractivity (Wildman–Crippen MR) is 116 cm³/mol. The van der Waals surface area contributed by atoms with Crippen LogP contribution in [0, 0.1) is 13.8 Å². The zero-order valence-corrected chi connectivity index (χ0v) is 16.9. The highest BCUT2D eigenvalue weighted by atomic mass is 32.2. The van der Waals surface area contributed by atoms with Crippen LogP contribution in [0.25, 0.3) is 0 Å². The monoisotopic (exact) mass is 386 g/mol. The van der Waals surface area contributed by atoms with Crippen molar-refractivity contribution in [2.75, 3.05) is 5.43 Å². The van der Waals surface area contributed by atoms with Crippen molar-refractivity contribution in [1.82, 2.24) is 0 Å². The Morgan fingerprint density at radius 1 is 0.893 bits per heavy atom. The molecule has 1 N–H and O–H groups in total. The zero-order valence-electron chi connectivity index (χ0n) is 16.1. The summed E-state index contributed by atoms with van der Waals surface area (Å²) in [6.45, 7) is 4.22. The highest BCUT2D eigenvalue weighted by Crippen LogP contribution is 2.48. The third-order valence-corrected chi connectivity index (χ3v) is 6.27. The molecule has 28 heavy (non-hydrogen) atoms. The highest BCUT2D eigenvalue weighted by Gasteiger charge is 2.23. The lowest BCUT2D eigenvalue weighted by Crippen LogP contribution is -2.14. The lowest BCUT2D eigenvalue weighted by Gasteiger charge is -2.24. The van der Waals surface area contributed by atoms with E-state index < -0.39 is 0 Å². The smallest absolute Gasteiger partial charge is 0.142 e. The van der Waals surface area contributed by atoms with Crippen molar-refractivity contribution in [1.29, 1.82) is 0 Å². The molecule has 1 heterocycles. The van der Waals surface area contributed by atoms with Crippen LogP contribution in [-0.4, -0.2) is 5.71 Å². The van der Waals surface area contributed by atoms with Gasteiger partial charge in [-0.3, -0.25) is 5.43 Å². The second-order valence-corrected chi connectivity index (χ2v) is 8.59. The van der Waals surface area contributed by atoms with Crippen molar-refractivity contribution in [2.45, 2.75) is 42.9 Å². The van der Waals surface area contributed by atoms with Crippen LogP contribution < -0.4 is 10.2 Å². The molecule has 0 unspecified atom stereocenters. The van der Waals surface area contributed by atoms with Gasteiger partial charge in [0.25, 0.3) is 0 Å². The minimum absolute atomic E-state index is 0.933. The van der Waals surface area contributed by atoms with E-state index >= 15 is 0 Å². The lowest BCUT2D eigenvalue weighted by atomic mass is 9.90. The van der Waals surface area contributed by atoms with Crippen molar-refractivity contribution >= 4 is 23.2 Å². The van der Waals surface area contributed by atoms with Gasteiger partial charge in [-0.05, 0) is 86.2 Å². The van der Waals surface area contributed by atoms with Gasteiger partial charge < -0.3 is 4.74 Å². The van der Waals surface area contributed by atoms with Crippen LogP contribution in [0.4, 0.5) is 5.69 Å². The molecule has 5 rings (SSSR count). The standard InChI is InChI=1S/C24H22N2OS/c1-15-10-16(2)12-18(11-15)25-26-20-7-5-6-17-13-24-22(14-19(17)20)27-21-8-3-4-9-23(21)28-24/h3-4,8-14,25H,5-7H2,1-2H3/b26-20+. The topological polar surface area (TPSA) is 33.6 Å².